The summed E-state index contributed by atoms with van der Waals surface area (Å²) in [6.07, 6.45) is 1.73. The predicted octanol–water partition coefficient (Wildman–Crippen LogP) is 7.70. The number of aromatic nitrogens is 2. The zero-order chi connectivity index (χ0) is 22.7. The molecule has 1 heterocycles. The van der Waals surface area contributed by atoms with Gasteiger partial charge in [-0.3, -0.25) is 9.36 Å². The molecule has 1 N–H and O–H groups in total. The predicted molar refractivity (Wildman–Crippen MR) is 132 cm³/mol. The van der Waals surface area contributed by atoms with Gasteiger partial charge in [0.1, 0.15) is 12.1 Å². The van der Waals surface area contributed by atoms with Crippen LogP contribution in [-0.4, -0.2) is 21.6 Å². The lowest BCUT2D eigenvalue weighted by Crippen LogP contribution is -2.19. The summed E-state index contributed by atoms with van der Waals surface area (Å²) in [7, 11) is 0. The van der Waals surface area contributed by atoms with Crippen molar-refractivity contribution in [2.24, 2.45) is 0 Å². The van der Waals surface area contributed by atoms with Crippen molar-refractivity contribution >= 4 is 67.8 Å². The molecule has 0 fully saturated rings. The van der Waals surface area contributed by atoms with Gasteiger partial charge in [0.15, 0.2) is 0 Å². The number of nitrogens with one attached hydrogen (secondary N) is 1. The van der Waals surface area contributed by atoms with Gasteiger partial charge in [-0.25, -0.2) is 4.98 Å². The number of hydrogen-bond donors (Lipinski definition) is 1. The third-order valence-corrected chi connectivity index (χ3v) is 6.24. The van der Waals surface area contributed by atoms with E-state index in [-0.39, 0.29) is 18.6 Å². The van der Waals surface area contributed by atoms with Gasteiger partial charge in [0, 0.05) is 4.47 Å². The van der Waals surface area contributed by atoms with Crippen LogP contribution in [0.15, 0.2) is 34.8 Å². The summed E-state index contributed by atoms with van der Waals surface area (Å²) in [5.74, 6) is 0.468. The third kappa shape index (κ3) is 5.36. The van der Waals surface area contributed by atoms with Crippen LogP contribution in [-0.2, 0) is 16.1 Å². The molecule has 0 aliphatic carbocycles. The molecule has 166 valence electrons. The van der Waals surface area contributed by atoms with E-state index in [0.29, 0.717) is 33.1 Å². The molecule has 0 aliphatic rings. The third-order valence-electron chi connectivity index (χ3n) is 5.13. The Labute approximate surface area is 201 Å². The zero-order valence-electron chi connectivity index (χ0n) is 18.0. The smallest absolute Gasteiger partial charge is 0.326 e. The molecule has 3 aromatic rings. The molecule has 2 aromatic carbocycles. The van der Waals surface area contributed by atoms with Crippen molar-refractivity contribution in [3.8, 4) is 0 Å². The van der Waals surface area contributed by atoms with Gasteiger partial charge in [-0.15, -0.1) is 0 Å². The van der Waals surface area contributed by atoms with Crippen LogP contribution < -0.4 is 5.32 Å². The number of halogens is 3. The number of carbonyl (C=O) groups is 1. The minimum atomic E-state index is -0.338. The van der Waals surface area contributed by atoms with Gasteiger partial charge in [0.2, 0.25) is 5.95 Å². The minimum Gasteiger partial charge on any atom is -0.462 e. The van der Waals surface area contributed by atoms with Gasteiger partial charge in [0.05, 0.1) is 27.4 Å². The van der Waals surface area contributed by atoms with Crippen molar-refractivity contribution in [1.82, 2.24) is 9.55 Å². The van der Waals surface area contributed by atoms with E-state index in [0.717, 1.165) is 28.4 Å². The molecule has 0 unspecified atom stereocenters. The summed E-state index contributed by atoms with van der Waals surface area (Å²) < 4.78 is 8.14. The second kappa shape index (κ2) is 10.2. The fraction of sp³-hybridized carbons (Fsp3) is 0.391. The molecule has 0 saturated heterocycles. The molecule has 0 spiro atoms. The highest BCUT2D eigenvalue weighted by molar-refractivity contribution is 9.10. The Kier molecular flexibility index (Phi) is 7.89. The fourth-order valence-electron chi connectivity index (χ4n) is 3.68. The van der Waals surface area contributed by atoms with E-state index in [1.807, 2.05) is 42.7 Å². The zero-order valence-corrected chi connectivity index (χ0v) is 21.1. The molecule has 0 atom stereocenters. The molecule has 8 heteroatoms. The Balaban J connectivity index is 2.20. The molecule has 0 saturated carbocycles. The summed E-state index contributed by atoms with van der Waals surface area (Å²) in [6, 6.07) is 9.44. The molecule has 31 heavy (non-hydrogen) atoms. The number of esters is 1. The molecular formula is C23H26BrCl2N3O2. The number of hydrogen-bond acceptors (Lipinski definition) is 4. The first-order valence-electron chi connectivity index (χ1n) is 10.3. The molecule has 1 aromatic heterocycles. The molecule has 0 amide bonds. The number of nitrogens with zero attached hydrogens (tertiary/aromatic N) is 2. The highest BCUT2D eigenvalue weighted by Crippen LogP contribution is 2.37. The van der Waals surface area contributed by atoms with E-state index in [2.05, 4.69) is 35.1 Å². The fourth-order valence-corrected chi connectivity index (χ4v) is 4.60. The monoisotopic (exact) mass is 525 g/mol. The van der Waals surface area contributed by atoms with E-state index in [9.17, 15) is 4.79 Å². The normalized spacial score (nSPS) is 11.5. The Morgan fingerprint density at radius 1 is 1.16 bits per heavy atom. The topological polar surface area (TPSA) is 56.2 Å². The van der Waals surface area contributed by atoms with Crippen LogP contribution in [0.3, 0.4) is 0 Å². The van der Waals surface area contributed by atoms with Gasteiger partial charge in [-0.1, -0.05) is 59.0 Å². The molecule has 0 bridgehead atoms. The van der Waals surface area contributed by atoms with Crippen LogP contribution in [0.2, 0.25) is 10.0 Å². The van der Waals surface area contributed by atoms with Crippen LogP contribution in [0, 0.1) is 0 Å². The summed E-state index contributed by atoms with van der Waals surface area (Å²) in [5, 5.41) is 4.34. The second-order valence-electron chi connectivity index (χ2n) is 7.66. The SMILES string of the molecule is CCC(CC)c1ccc(Cl)c2nc(Nc3ccc(Br)cc3Cl)n(CC(=O)OC(C)C)c12. The van der Waals surface area contributed by atoms with E-state index in [1.54, 1.807) is 6.07 Å². The summed E-state index contributed by atoms with van der Waals surface area (Å²) in [6.45, 7) is 7.99. The summed E-state index contributed by atoms with van der Waals surface area (Å²) in [5.41, 5.74) is 3.29. The van der Waals surface area contributed by atoms with E-state index in [4.69, 9.17) is 32.9 Å². The van der Waals surface area contributed by atoms with Crippen LogP contribution in [0.4, 0.5) is 11.6 Å². The largest absolute Gasteiger partial charge is 0.462 e. The van der Waals surface area contributed by atoms with Gasteiger partial charge >= 0.3 is 5.97 Å². The number of rotatable bonds is 8. The van der Waals surface area contributed by atoms with Crippen molar-refractivity contribution in [2.75, 3.05) is 5.32 Å². The Morgan fingerprint density at radius 3 is 2.48 bits per heavy atom. The maximum Gasteiger partial charge on any atom is 0.326 e. The van der Waals surface area contributed by atoms with Crippen molar-refractivity contribution in [3.05, 3.63) is 50.4 Å². The van der Waals surface area contributed by atoms with Crippen LogP contribution in [0.5, 0.6) is 0 Å². The molecule has 0 aliphatic heterocycles. The number of anilines is 2. The molecule has 3 rings (SSSR count). The van der Waals surface area contributed by atoms with E-state index in [1.165, 1.54) is 0 Å². The second-order valence-corrected chi connectivity index (χ2v) is 9.39. The van der Waals surface area contributed by atoms with Crippen molar-refractivity contribution in [3.63, 3.8) is 0 Å². The van der Waals surface area contributed by atoms with Crippen molar-refractivity contribution in [2.45, 2.75) is 59.1 Å². The number of imidazole rings is 1. The van der Waals surface area contributed by atoms with E-state index >= 15 is 0 Å². The average molecular weight is 527 g/mol. The number of fused-ring (bicyclic) bond motifs is 1. The highest BCUT2D eigenvalue weighted by atomic mass is 79.9. The van der Waals surface area contributed by atoms with Crippen LogP contribution in [0.1, 0.15) is 52.0 Å². The van der Waals surface area contributed by atoms with Crippen molar-refractivity contribution in [1.29, 1.82) is 0 Å². The van der Waals surface area contributed by atoms with Gasteiger partial charge in [0.25, 0.3) is 0 Å². The maximum absolute atomic E-state index is 12.6. The summed E-state index contributed by atoms with van der Waals surface area (Å²) >= 11 is 16.4. The highest BCUT2D eigenvalue weighted by Gasteiger charge is 2.23. The lowest BCUT2D eigenvalue weighted by atomic mass is 9.93. The maximum atomic E-state index is 12.6. The van der Waals surface area contributed by atoms with Gasteiger partial charge in [-0.2, -0.15) is 0 Å². The Morgan fingerprint density at radius 2 is 1.87 bits per heavy atom. The average Bonchev–Trinajstić information content (AvgIpc) is 3.05. The van der Waals surface area contributed by atoms with Crippen LogP contribution in [0.25, 0.3) is 11.0 Å². The molecule has 5 nitrogen and oxygen atoms in total. The minimum absolute atomic E-state index is 0.0126. The number of ether oxygens (including phenoxy) is 1. The molecular weight excluding hydrogens is 501 g/mol. The summed E-state index contributed by atoms with van der Waals surface area (Å²) in [4.78, 5) is 17.4. The van der Waals surface area contributed by atoms with Crippen molar-refractivity contribution < 1.29 is 9.53 Å². The van der Waals surface area contributed by atoms with Gasteiger partial charge < -0.3 is 10.1 Å². The Hall–Kier alpha value is -1.76. The quantitative estimate of drug-likeness (QED) is 0.305. The van der Waals surface area contributed by atoms with Crippen LogP contribution >= 0.6 is 39.1 Å². The van der Waals surface area contributed by atoms with E-state index < -0.39 is 0 Å². The first-order chi connectivity index (χ1) is 14.7. The Bertz CT molecular complexity index is 1090. The lowest BCUT2D eigenvalue weighted by molar-refractivity contribution is -0.147. The standard InChI is InChI=1S/C23H26BrCl2N3O2/c1-5-14(6-2)16-8-9-17(25)21-22(16)29(12-20(30)31-13(3)4)23(28-21)27-19-10-7-15(24)11-18(19)26/h7-11,13-14H,5-6,12H2,1-4H3,(H,27,28). The van der Waals surface area contributed by atoms with Gasteiger partial charge in [-0.05, 0) is 62.4 Å². The first kappa shape index (κ1) is 23.9. The lowest BCUT2D eigenvalue weighted by Gasteiger charge is -2.18. The molecule has 0 radical (unpaired) electrons. The number of carbonyl (C=O) groups excluding carboxylic acids is 1. The first-order valence-corrected chi connectivity index (χ1v) is 11.9. The number of benzene rings is 2.